The molecule has 0 saturated carbocycles. The van der Waals surface area contributed by atoms with Gasteiger partial charge in [-0.3, -0.25) is 0 Å². The zero-order valence-corrected chi connectivity index (χ0v) is 10.0. The van der Waals surface area contributed by atoms with Crippen molar-refractivity contribution in [2.24, 2.45) is 0 Å². The molecule has 0 spiro atoms. The van der Waals surface area contributed by atoms with E-state index >= 15 is 0 Å². The highest BCUT2D eigenvalue weighted by Gasteiger charge is 2.20. The molecule has 4 aromatic rings. The monoisotopic (exact) mass is 255 g/mol. The second-order valence-corrected chi connectivity index (χ2v) is 4.14. The van der Waals surface area contributed by atoms with Crippen LogP contribution in [0.4, 0.5) is 0 Å². The average Bonchev–Trinajstić information content (AvgIpc) is 2.96. The van der Waals surface area contributed by atoms with Crippen LogP contribution in [-0.4, -0.2) is 26.6 Å². The van der Waals surface area contributed by atoms with Gasteiger partial charge in [0.15, 0.2) is 5.52 Å². The van der Waals surface area contributed by atoms with Gasteiger partial charge < -0.3 is 9.94 Å². The summed E-state index contributed by atoms with van der Waals surface area (Å²) in [5, 5.41) is 13.2. The zero-order valence-electron chi connectivity index (χ0n) is 10.0. The van der Waals surface area contributed by atoms with Gasteiger partial charge in [0.2, 0.25) is 0 Å². The smallest absolute Gasteiger partial charge is 0.346 e. The highest BCUT2D eigenvalue weighted by molar-refractivity contribution is 5.84. The molecular weight excluding hydrogens is 246 g/mol. The molecule has 0 aliphatic carbocycles. The van der Waals surface area contributed by atoms with Crippen LogP contribution in [0.15, 0.2) is 36.8 Å². The Bertz CT molecular complexity index is 924. The Morgan fingerprint density at radius 3 is 2.95 bits per heavy atom. The van der Waals surface area contributed by atoms with Crippen molar-refractivity contribution >= 4 is 22.2 Å². The van der Waals surface area contributed by atoms with Gasteiger partial charge in [-0.1, -0.05) is 10.7 Å². The van der Waals surface area contributed by atoms with Gasteiger partial charge in [-0.05, 0) is 12.1 Å². The first-order valence-electron chi connectivity index (χ1n) is 5.70. The van der Waals surface area contributed by atoms with Gasteiger partial charge in [0, 0.05) is 5.39 Å². The van der Waals surface area contributed by atoms with E-state index < -0.39 is 0 Å². The van der Waals surface area contributed by atoms with Gasteiger partial charge in [-0.2, -0.15) is 4.85 Å². The first kappa shape index (κ1) is 10.1. The molecule has 0 aliphatic rings. The lowest BCUT2D eigenvalue weighted by Gasteiger charge is -2.04. The van der Waals surface area contributed by atoms with E-state index in [1.165, 1.54) is 10.8 Å². The maximum Gasteiger partial charge on any atom is 0.346 e. The number of benzene rings is 1. The SMILES string of the molecule is COc1cccc2c[n+]3c4nccnc4n([O-])n3c12. The van der Waals surface area contributed by atoms with E-state index in [4.69, 9.17) is 4.74 Å². The van der Waals surface area contributed by atoms with Crippen LogP contribution >= 0.6 is 0 Å². The fourth-order valence-electron chi connectivity index (χ4n) is 2.36. The zero-order chi connectivity index (χ0) is 13.0. The topological polar surface area (TPSA) is 71.5 Å². The van der Waals surface area contributed by atoms with Crippen LogP contribution in [0.3, 0.4) is 0 Å². The number of nitrogens with zero attached hydrogens (tertiary/aromatic N) is 5. The third-order valence-electron chi connectivity index (χ3n) is 3.15. The Morgan fingerprint density at radius 1 is 1.26 bits per heavy atom. The van der Waals surface area contributed by atoms with E-state index in [0.29, 0.717) is 21.8 Å². The van der Waals surface area contributed by atoms with E-state index in [-0.39, 0.29) is 5.65 Å². The molecule has 0 N–H and O–H groups in total. The summed E-state index contributed by atoms with van der Waals surface area (Å²) in [5.74, 6) is 0.630. The Morgan fingerprint density at radius 2 is 2.11 bits per heavy atom. The molecular formula is C12H9N5O2. The van der Waals surface area contributed by atoms with Gasteiger partial charge in [0.1, 0.15) is 18.1 Å². The lowest BCUT2D eigenvalue weighted by molar-refractivity contribution is -0.593. The molecule has 19 heavy (non-hydrogen) atoms. The molecule has 3 aromatic heterocycles. The first-order chi connectivity index (χ1) is 9.31. The second-order valence-electron chi connectivity index (χ2n) is 4.14. The summed E-state index contributed by atoms with van der Waals surface area (Å²) < 4.78 is 8.44. The standard InChI is InChI=1S/C12H9N5O2/c1-19-9-4-2-3-8-7-15-11-12(14-6-5-13-11)17(18)16(15)10(8)9/h2-7H,1H3. The summed E-state index contributed by atoms with van der Waals surface area (Å²) in [6.45, 7) is 0. The van der Waals surface area contributed by atoms with E-state index in [9.17, 15) is 5.21 Å². The third-order valence-corrected chi connectivity index (χ3v) is 3.15. The van der Waals surface area contributed by atoms with Gasteiger partial charge in [0.25, 0.3) is 5.65 Å². The predicted molar refractivity (Wildman–Crippen MR) is 67.0 cm³/mol. The molecule has 0 radical (unpaired) electrons. The summed E-state index contributed by atoms with van der Waals surface area (Å²) >= 11 is 0. The van der Waals surface area contributed by atoms with Gasteiger partial charge >= 0.3 is 5.65 Å². The first-order valence-corrected chi connectivity index (χ1v) is 5.70. The minimum absolute atomic E-state index is 0.273. The second kappa shape index (κ2) is 3.35. The number of hydrogen-bond donors (Lipinski definition) is 0. The molecule has 0 fully saturated rings. The maximum atomic E-state index is 12.3. The number of rotatable bonds is 1. The van der Waals surface area contributed by atoms with Gasteiger partial charge in [-0.25, -0.2) is 4.98 Å². The van der Waals surface area contributed by atoms with Crippen molar-refractivity contribution in [3.05, 3.63) is 42.0 Å². The van der Waals surface area contributed by atoms with Crippen LogP contribution in [0.5, 0.6) is 5.75 Å². The van der Waals surface area contributed by atoms with Crippen LogP contribution < -0.4 is 9.25 Å². The molecule has 1 aromatic carbocycles. The lowest BCUT2D eigenvalue weighted by Crippen LogP contribution is -2.26. The van der Waals surface area contributed by atoms with E-state index in [1.54, 1.807) is 17.8 Å². The van der Waals surface area contributed by atoms with Gasteiger partial charge in [-0.15, -0.1) is 9.50 Å². The molecule has 7 nitrogen and oxygen atoms in total. The van der Waals surface area contributed by atoms with Crippen molar-refractivity contribution in [2.45, 2.75) is 0 Å². The van der Waals surface area contributed by atoms with E-state index in [1.807, 2.05) is 24.4 Å². The molecule has 4 rings (SSSR count). The fourth-order valence-corrected chi connectivity index (χ4v) is 2.36. The molecule has 0 atom stereocenters. The normalized spacial score (nSPS) is 11.6. The summed E-state index contributed by atoms with van der Waals surface area (Å²) in [6, 6.07) is 5.61. The molecule has 0 saturated heterocycles. The number of ether oxygens (including phenoxy) is 1. The quantitative estimate of drug-likeness (QED) is 0.471. The fraction of sp³-hybridized carbons (Fsp3) is 0.0833. The summed E-state index contributed by atoms with van der Waals surface area (Å²) in [7, 11) is 1.58. The van der Waals surface area contributed by atoms with Crippen molar-refractivity contribution in [1.82, 2.24) is 19.4 Å². The highest BCUT2D eigenvalue weighted by atomic mass is 16.5. The third kappa shape index (κ3) is 1.13. The molecule has 0 bridgehead atoms. The van der Waals surface area contributed by atoms with Crippen molar-refractivity contribution in [3.63, 3.8) is 0 Å². The Hall–Kier alpha value is -2.83. The molecule has 3 heterocycles. The summed E-state index contributed by atoms with van der Waals surface area (Å²) in [5.41, 5.74) is 1.48. The van der Waals surface area contributed by atoms with Crippen LogP contribution in [0.1, 0.15) is 0 Å². The lowest BCUT2D eigenvalue weighted by atomic mass is 10.2. The van der Waals surface area contributed by atoms with Gasteiger partial charge in [0.05, 0.1) is 13.3 Å². The van der Waals surface area contributed by atoms with Crippen molar-refractivity contribution in [1.29, 1.82) is 0 Å². The predicted octanol–water partition coefficient (Wildman–Crippen LogP) is 0.777. The largest absolute Gasteiger partial charge is 0.724 e. The molecule has 94 valence electrons. The van der Waals surface area contributed by atoms with Crippen molar-refractivity contribution in [3.8, 4) is 5.75 Å². The molecule has 0 unspecified atom stereocenters. The summed E-state index contributed by atoms with van der Waals surface area (Å²) in [6.07, 6.45) is 4.89. The number of methoxy groups -OCH3 is 1. The summed E-state index contributed by atoms with van der Waals surface area (Å²) in [4.78, 5) is 8.97. The molecule has 0 aliphatic heterocycles. The highest BCUT2D eigenvalue weighted by Crippen LogP contribution is 2.24. The number of aromatic nitrogens is 5. The van der Waals surface area contributed by atoms with E-state index in [0.717, 1.165) is 5.39 Å². The molecule has 7 heteroatoms. The number of hydrogen-bond acceptors (Lipinski definition) is 4. The van der Waals surface area contributed by atoms with Crippen molar-refractivity contribution < 1.29 is 9.25 Å². The van der Waals surface area contributed by atoms with E-state index in [2.05, 4.69) is 9.97 Å². The number of fused-ring (bicyclic) bond motifs is 5. The molecule has 0 amide bonds. The number of para-hydroxylation sites is 1. The Balaban J connectivity index is 2.34. The minimum Gasteiger partial charge on any atom is -0.724 e. The van der Waals surface area contributed by atoms with Crippen LogP contribution in [-0.2, 0) is 0 Å². The van der Waals surface area contributed by atoms with Crippen LogP contribution in [0.25, 0.3) is 22.2 Å². The maximum absolute atomic E-state index is 12.3. The van der Waals surface area contributed by atoms with Crippen LogP contribution in [0, 0.1) is 5.21 Å². The van der Waals surface area contributed by atoms with Crippen molar-refractivity contribution in [2.75, 3.05) is 7.11 Å². The Kier molecular flexibility index (Phi) is 1.78. The minimum atomic E-state index is 0.273. The average molecular weight is 255 g/mol. The van der Waals surface area contributed by atoms with Crippen LogP contribution in [0.2, 0.25) is 0 Å². The Labute approximate surface area is 106 Å².